The number of thioether (sulfide) groups is 1. The van der Waals surface area contributed by atoms with Crippen molar-refractivity contribution in [1.82, 2.24) is 0 Å². The monoisotopic (exact) mass is 418 g/mol. The second kappa shape index (κ2) is 8.36. The van der Waals surface area contributed by atoms with Crippen molar-refractivity contribution < 1.29 is 18.0 Å². The lowest BCUT2D eigenvalue weighted by Crippen LogP contribution is -2.18. The van der Waals surface area contributed by atoms with Crippen LogP contribution in [-0.2, 0) is 19.4 Å². The molecule has 0 aromatic heterocycles. The quantitative estimate of drug-likeness (QED) is 0.774. The number of hydrogen-bond donors (Lipinski definition) is 2. The summed E-state index contributed by atoms with van der Waals surface area (Å²) in [7, 11) is -3.66. The Labute approximate surface area is 169 Å². The van der Waals surface area contributed by atoms with Gasteiger partial charge in [-0.05, 0) is 36.8 Å². The van der Waals surface area contributed by atoms with E-state index in [1.165, 1.54) is 23.9 Å². The van der Waals surface area contributed by atoms with Gasteiger partial charge in [-0.2, -0.15) is 0 Å². The van der Waals surface area contributed by atoms with Gasteiger partial charge in [-0.15, -0.1) is 11.8 Å². The van der Waals surface area contributed by atoms with Gasteiger partial charge in [-0.25, -0.2) is 8.42 Å². The predicted octanol–water partition coefficient (Wildman–Crippen LogP) is 3.62. The van der Waals surface area contributed by atoms with E-state index in [0.29, 0.717) is 17.8 Å². The third-order valence-corrected chi connectivity index (χ3v) is 7.29. The Morgan fingerprint density at radius 1 is 1.25 bits per heavy atom. The van der Waals surface area contributed by atoms with Gasteiger partial charge in [0.1, 0.15) is 0 Å². The fourth-order valence-electron chi connectivity index (χ4n) is 2.89. The minimum Gasteiger partial charge on any atom is -0.326 e. The number of benzene rings is 2. The van der Waals surface area contributed by atoms with Crippen molar-refractivity contribution in [1.29, 1.82) is 0 Å². The highest BCUT2D eigenvalue weighted by molar-refractivity contribution is 8.00. The SMILES string of the molecule is Cc1ccccc1NC(=O)CCS(=O)(=O)c1ccc2c(c1)NC(=O)CC(C)S2. The molecule has 28 heavy (non-hydrogen) atoms. The third kappa shape index (κ3) is 4.94. The number of fused-ring (bicyclic) bond motifs is 1. The molecule has 2 aromatic carbocycles. The summed E-state index contributed by atoms with van der Waals surface area (Å²) in [5, 5.41) is 5.62. The van der Waals surface area contributed by atoms with Crippen molar-refractivity contribution >= 4 is 44.8 Å². The van der Waals surface area contributed by atoms with E-state index < -0.39 is 9.84 Å². The average molecular weight is 419 g/mol. The molecule has 1 aliphatic heterocycles. The summed E-state index contributed by atoms with van der Waals surface area (Å²) < 4.78 is 25.3. The normalized spacial score (nSPS) is 16.6. The molecule has 2 N–H and O–H groups in total. The number of rotatable bonds is 5. The Morgan fingerprint density at radius 3 is 2.75 bits per heavy atom. The van der Waals surface area contributed by atoms with Gasteiger partial charge in [0.25, 0.3) is 0 Å². The zero-order valence-electron chi connectivity index (χ0n) is 15.7. The number of carbonyl (C=O) groups is 2. The number of para-hydroxylation sites is 1. The topological polar surface area (TPSA) is 92.3 Å². The first-order valence-corrected chi connectivity index (χ1v) is 11.5. The molecule has 6 nitrogen and oxygen atoms in total. The summed E-state index contributed by atoms with van der Waals surface area (Å²) in [5.74, 6) is -0.794. The number of aryl methyl sites for hydroxylation is 1. The van der Waals surface area contributed by atoms with Gasteiger partial charge in [0.2, 0.25) is 11.8 Å². The van der Waals surface area contributed by atoms with Crippen LogP contribution >= 0.6 is 11.8 Å². The van der Waals surface area contributed by atoms with Crippen molar-refractivity contribution in [3.05, 3.63) is 48.0 Å². The molecule has 3 rings (SSSR count). The zero-order chi connectivity index (χ0) is 20.3. The second-order valence-corrected chi connectivity index (χ2v) is 10.4. The molecule has 0 aliphatic carbocycles. The van der Waals surface area contributed by atoms with Crippen LogP contribution in [0.1, 0.15) is 25.3 Å². The number of nitrogens with one attached hydrogen (secondary N) is 2. The highest BCUT2D eigenvalue weighted by atomic mass is 32.2. The van der Waals surface area contributed by atoms with Gasteiger partial charge < -0.3 is 10.6 Å². The number of amides is 2. The molecule has 0 saturated carbocycles. The Bertz CT molecular complexity index is 1020. The highest BCUT2D eigenvalue weighted by Crippen LogP contribution is 2.36. The number of carbonyl (C=O) groups excluding carboxylic acids is 2. The van der Waals surface area contributed by atoms with E-state index in [-0.39, 0.29) is 34.1 Å². The first-order chi connectivity index (χ1) is 13.2. The predicted molar refractivity (Wildman–Crippen MR) is 111 cm³/mol. The zero-order valence-corrected chi connectivity index (χ0v) is 17.3. The highest BCUT2D eigenvalue weighted by Gasteiger charge is 2.23. The van der Waals surface area contributed by atoms with Crippen LogP contribution < -0.4 is 10.6 Å². The van der Waals surface area contributed by atoms with E-state index in [4.69, 9.17) is 0 Å². The molecule has 0 radical (unpaired) electrons. The lowest BCUT2D eigenvalue weighted by atomic mass is 10.2. The number of hydrogen-bond acceptors (Lipinski definition) is 5. The lowest BCUT2D eigenvalue weighted by Gasteiger charge is -2.11. The van der Waals surface area contributed by atoms with E-state index in [9.17, 15) is 18.0 Å². The summed E-state index contributed by atoms with van der Waals surface area (Å²) in [4.78, 5) is 25.0. The molecule has 1 aliphatic rings. The van der Waals surface area contributed by atoms with Gasteiger partial charge in [0.05, 0.1) is 16.3 Å². The molecule has 148 valence electrons. The smallest absolute Gasteiger partial charge is 0.225 e. The van der Waals surface area contributed by atoms with E-state index >= 15 is 0 Å². The maximum absolute atomic E-state index is 12.7. The van der Waals surface area contributed by atoms with Crippen LogP contribution in [0.2, 0.25) is 0 Å². The Morgan fingerprint density at radius 2 is 2.00 bits per heavy atom. The molecule has 0 fully saturated rings. The maximum Gasteiger partial charge on any atom is 0.225 e. The van der Waals surface area contributed by atoms with E-state index in [1.54, 1.807) is 12.1 Å². The van der Waals surface area contributed by atoms with Gasteiger partial charge in [-0.1, -0.05) is 25.1 Å². The number of sulfone groups is 1. The van der Waals surface area contributed by atoms with Gasteiger partial charge >= 0.3 is 0 Å². The fraction of sp³-hybridized carbons (Fsp3) is 0.300. The molecule has 2 aromatic rings. The second-order valence-electron chi connectivity index (χ2n) is 6.77. The van der Waals surface area contributed by atoms with Crippen LogP contribution in [-0.4, -0.2) is 31.2 Å². The van der Waals surface area contributed by atoms with E-state index in [2.05, 4.69) is 10.6 Å². The molecule has 2 amide bonds. The van der Waals surface area contributed by atoms with Crippen molar-refractivity contribution in [2.24, 2.45) is 0 Å². The van der Waals surface area contributed by atoms with Gasteiger partial charge in [-0.3, -0.25) is 9.59 Å². The van der Waals surface area contributed by atoms with Crippen LogP contribution in [0.4, 0.5) is 11.4 Å². The Balaban J connectivity index is 1.70. The largest absolute Gasteiger partial charge is 0.326 e. The minimum absolute atomic E-state index is 0.102. The van der Waals surface area contributed by atoms with Crippen LogP contribution in [0.3, 0.4) is 0 Å². The van der Waals surface area contributed by atoms with E-state index in [1.807, 2.05) is 32.0 Å². The molecule has 0 saturated heterocycles. The molecular formula is C20H22N2O4S2. The minimum atomic E-state index is -3.66. The maximum atomic E-state index is 12.7. The summed E-state index contributed by atoms with van der Waals surface area (Å²) >= 11 is 1.53. The molecule has 0 bridgehead atoms. The summed E-state index contributed by atoms with van der Waals surface area (Å²) in [6.07, 6.45) is 0.229. The average Bonchev–Trinajstić information content (AvgIpc) is 2.77. The lowest BCUT2D eigenvalue weighted by molar-refractivity contribution is -0.116. The van der Waals surface area contributed by atoms with Crippen molar-refractivity contribution in [2.45, 2.75) is 41.7 Å². The van der Waals surface area contributed by atoms with Crippen molar-refractivity contribution in [3.8, 4) is 0 Å². The van der Waals surface area contributed by atoms with Crippen molar-refractivity contribution in [3.63, 3.8) is 0 Å². The van der Waals surface area contributed by atoms with Crippen LogP contribution in [0.5, 0.6) is 0 Å². The van der Waals surface area contributed by atoms with Crippen LogP contribution in [0, 0.1) is 6.92 Å². The third-order valence-electron chi connectivity index (χ3n) is 4.40. The summed E-state index contributed by atoms with van der Waals surface area (Å²) in [6.45, 7) is 3.83. The molecular weight excluding hydrogens is 396 g/mol. The molecule has 8 heteroatoms. The van der Waals surface area contributed by atoms with Crippen LogP contribution in [0.25, 0.3) is 0 Å². The van der Waals surface area contributed by atoms with Crippen LogP contribution in [0.15, 0.2) is 52.3 Å². The van der Waals surface area contributed by atoms with E-state index in [0.717, 1.165) is 10.5 Å². The molecule has 1 atom stereocenters. The van der Waals surface area contributed by atoms with Gasteiger partial charge in [0.15, 0.2) is 9.84 Å². The molecule has 0 spiro atoms. The molecule has 1 unspecified atom stereocenters. The Hall–Kier alpha value is -2.32. The number of anilines is 2. The van der Waals surface area contributed by atoms with Gasteiger partial charge in [0, 0.05) is 28.7 Å². The summed E-state index contributed by atoms with van der Waals surface area (Å²) in [5.41, 5.74) is 2.08. The molecule has 1 heterocycles. The summed E-state index contributed by atoms with van der Waals surface area (Å²) in [6, 6.07) is 12.0. The first kappa shape index (κ1) is 20.4. The Kier molecular flexibility index (Phi) is 6.10. The van der Waals surface area contributed by atoms with Crippen molar-refractivity contribution in [2.75, 3.05) is 16.4 Å². The fourth-order valence-corrected chi connectivity index (χ4v) is 5.21. The standard InChI is InChI=1S/C20H22N2O4S2/c1-13-5-3-4-6-16(13)21-19(23)9-10-28(25,26)15-7-8-18-17(12-15)22-20(24)11-14(2)27-18/h3-8,12,14H,9-11H2,1-2H3,(H,21,23)(H,22,24). The first-order valence-electron chi connectivity index (χ1n) is 8.93.